The molecule has 0 saturated carbocycles. The zero-order chi connectivity index (χ0) is 26.7. The first kappa shape index (κ1) is 25.6. The van der Waals surface area contributed by atoms with Gasteiger partial charge in [-0.15, -0.1) is 13.2 Å². The predicted molar refractivity (Wildman–Crippen MR) is 128 cm³/mol. The lowest BCUT2D eigenvalue weighted by Crippen LogP contribution is -2.36. The van der Waals surface area contributed by atoms with Gasteiger partial charge in [0.1, 0.15) is 24.3 Å². The van der Waals surface area contributed by atoms with Gasteiger partial charge >= 0.3 is 18.2 Å². The fourth-order valence-corrected chi connectivity index (χ4v) is 4.42. The summed E-state index contributed by atoms with van der Waals surface area (Å²) in [6.45, 7) is 2.68. The second kappa shape index (κ2) is 10.8. The number of fused-ring (bicyclic) bond motifs is 1. The number of benzene rings is 2. The van der Waals surface area contributed by atoms with Crippen LogP contribution in [0.5, 0.6) is 17.5 Å². The van der Waals surface area contributed by atoms with Gasteiger partial charge in [0.25, 0.3) is 0 Å². The lowest BCUT2D eigenvalue weighted by Gasteiger charge is -2.33. The smallest absolute Gasteiger partial charge is 0.490 e. The molecule has 0 N–H and O–H groups in total. The highest BCUT2D eigenvalue weighted by atomic mass is 19.4. The normalized spacial score (nSPS) is 17.7. The van der Waals surface area contributed by atoms with Gasteiger partial charge in [-0.2, -0.15) is 0 Å². The fraction of sp³-hybridized carbons (Fsp3) is 0.400. The van der Waals surface area contributed by atoms with E-state index < -0.39 is 11.3 Å². The number of nitro groups is 1. The summed E-state index contributed by atoms with van der Waals surface area (Å²) in [5.74, 6) is 0.204. The highest BCUT2D eigenvalue weighted by Gasteiger charge is 2.32. The van der Waals surface area contributed by atoms with Crippen molar-refractivity contribution in [2.45, 2.75) is 44.6 Å². The third kappa shape index (κ3) is 6.46. The molecule has 0 aliphatic carbocycles. The van der Waals surface area contributed by atoms with Crippen LogP contribution in [0.4, 0.5) is 24.7 Å². The first-order valence-electron chi connectivity index (χ1n) is 12.0. The number of halogens is 3. The number of rotatable bonds is 9. The molecule has 1 aromatic heterocycles. The standard InChI is InChI=1S/C25H25F3N4O6/c26-25(27,28)38-21-5-1-17(2-6-21)15-35-20-9-11-30(12-10-20)18-3-7-19(8-4-18)36-16-22-13-31-14-23(32(33)34)29-24(31)37-22/h1-8,14,20,22H,9-13,15-16H2. The lowest BCUT2D eigenvalue weighted by atomic mass is 10.1. The summed E-state index contributed by atoms with van der Waals surface area (Å²) in [6, 6.07) is 13.7. The van der Waals surface area contributed by atoms with Crippen molar-refractivity contribution < 1.29 is 37.0 Å². The summed E-state index contributed by atoms with van der Waals surface area (Å²) >= 11 is 0. The molecule has 10 nitrogen and oxygen atoms in total. The van der Waals surface area contributed by atoms with Gasteiger partial charge in [0.2, 0.25) is 0 Å². The van der Waals surface area contributed by atoms with E-state index in [1.165, 1.54) is 18.3 Å². The summed E-state index contributed by atoms with van der Waals surface area (Å²) in [7, 11) is 0. The number of ether oxygens (including phenoxy) is 4. The molecule has 0 spiro atoms. The average Bonchev–Trinajstić information content (AvgIpc) is 3.46. The van der Waals surface area contributed by atoms with Crippen molar-refractivity contribution in [2.24, 2.45) is 0 Å². The van der Waals surface area contributed by atoms with Gasteiger partial charge in [0, 0.05) is 23.8 Å². The third-order valence-electron chi connectivity index (χ3n) is 6.31. The summed E-state index contributed by atoms with van der Waals surface area (Å²) in [5, 5.41) is 10.8. The van der Waals surface area contributed by atoms with Crippen LogP contribution in [0.2, 0.25) is 0 Å². The van der Waals surface area contributed by atoms with Crippen molar-refractivity contribution in [1.82, 2.24) is 9.55 Å². The van der Waals surface area contributed by atoms with Gasteiger partial charge < -0.3 is 34.0 Å². The highest BCUT2D eigenvalue weighted by molar-refractivity contribution is 5.49. The third-order valence-corrected chi connectivity index (χ3v) is 6.31. The number of anilines is 1. The Morgan fingerprint density at radius 3 is 2.37 bits per heavy atom. The number of imidazole rings is 1. The molecule has 1 atom stereocenters. The Morgan fingerprint density at radius 2 is 1.74 bits per heavy atom. The molecule has 1 fully saturated rings. The van der Waals surface area contributed by atoms with E-state index in [0.29, 0.717) is 18.9 Å². The molecule has 2 aliphatic heterocycles. The Balaban J connectivity index is 1.02. The van der Waals surface area contributed by atoms with Crippen LogP contribution in [0.15, 0.2) is 54.7 Å². The zero-order valence-electron chi connectivity index (χ0n) is 20.2. The van der Waals surface area contributed by atoms with Crippen LogP contribution >= 0.6 is 0 Å². The molecular weight excluding hydrogens is 509 g/mol. The van der Waals surface area contributed by atoms with Gasteiger partial charge in [-0.25, -0.2) is 0 Å². The molecule has 0 bridgehead atoms. The van der Waals surface area contributed by atoms with Crippen LogP contribution in [-0.2, 0) is 17.9 Å². The van der Waals surface area contributed by atoms with Crippen molar-refractivity contribution in [3.63, 3.8) is 0 Å². The van der Waals surface area contributed by atoms with Crippen LogP contribution in [0.25, 0.3) is 0 Å². The van der Waals surface area contributed by atoms with E-state index in [-0.39, 0.29) is 36.4 Å². The van der Waals surface area contributed by atoms with E-state index >= 15 is 0 Å². The van der Waals surface area contributed by atoms with E-state index in [9.17, 15) is 23.3 Å². The van der Waals surface area contributed by atoms with Crippen molar-refractivity contribution in [1.29, 1.82) is 0 Å². The molecule has 1 saturated heterocycles. The Bertz CT molecular complexity index is 1220. The molecule has 5 rings (SSSR count). The first-order chi connectivity index (χ1) is 18.2. The number of hydrogen-bond donors (Lipinski definition) is 0. The van der Waals surface area contributed by atoms with Gasteiger partial charge in [-0.05, 0) is 59.7 Å². The second-order valence-corrected chi connectivity index (χ2v) is 9.03. The lowest BCUT2D eigenvalue weighted by molar-refractivity contribution is -0.389. The summed E-state index contributed by atoms with van der Waals surface area (Å²) < 4.78 is 59.7. The van der Waals surface area contributed by atoms with Crippen LogP contribution in [0.1, 0.15) is 18.4 Å². The molecule has 3 aromatic rings. The van der Waals surface area contributed by atoms with Gasteiger partial charge in [-0.3, -0.25) is 4.57 Å². The van der Waals surface area contributed by atoms with E-state index in [1.807, 2.05) is 24.3 Å². The Hall–Kier alpha value is -4.00. The number of nitrogens with zero attached hydrogens (tertiary/aromatic N) is 4. The van der Waals surface area contributed by atoms with E-state index in [4.69, 9.17) is 14.2 Å². The molecule has 202 valence electrons. The first-order valence-corrected chi connectivity index (χ1v) is 12.0. The quantitative estimate of drug-likeness (QED) is 0.287. The SMILES string of the molecule is O=[N+]([O-])c1cn2c(n1)OC(COc1ccc(N3CCC(OCc4ccc(OC(F)(F)F)cc4)CC3)cc1)C2. The van der Waals surface area contributed by atoms with Crippen molar-refractivity contribution in [2.75, 3.05) is 24.6 Å². The summed E-state index contributed by atoms with van der Waals surface area (Å²) in [4.78, 5) is 16.3. The van der Waals surface area contributed by atoms with Crippen LogP contribution in [0, 0.1) is 10.1 Å². The maximum Gasteiger partial charge on any atom is 0.573 e. The Morgan fingerprint density at radius 1 is 1.05 bits per heavy atom. The molecule has 1 unspecified atom stereocenters. The van der Waals surface area contributed by atoms with Crippen molar-refractivity contribution >= 4 is 11.5 Å². The second-order valence-electron chi connectivity index (χ2n) is 9.03. The molecule has 0 amide bonds. The zero-order valence-corrected chi connectivity index (χ0v) is 20.2. The Kier molecular flexibility index (Phi) is 7.27. The molecule has 38 heavy (non-hydrogen) atoms. The maximum atomic E-state index is 12.3. The highest BCUT2D eigenvalue weighted by Crippen LogP contribution is 2.28. The predicted octanol–water partition coefficient (Wildman–Crippen LogP) is 4.72. The maximum absolute atomic E-state index is 12.3. The number of piperidine rings is 1. The minimum atomic E-state index is -4.70. The molecule has 0 radical (unpaired) electrons. The van der Waals surface area contributed by atoms with E-state index in [1.54, 1.807) is 16.7 Å². The minimum absolute atomic E-state index is 0.0717. The van der Waals surface area contributed by atoms with Crippen molar-refractivity contribution in [3.05, 3.63) is 70.4 Å². The Labute approximate surface area is 215 Å². The van der Waals surface area contributed by atoms with E-state index in [2.05, 4.69) is 14.6 Å². The van der Waals surface area contributed by atoms with Gasteiger partial charge in [-0.1, -0.05) is 12.1 Å². The molecule has 2 aliphatic rings. The van der Waals surface area contributed by atoms with E-state index in [0.717, 1.165) is 37.2 Å². The van der Waals surface area contributed by atoms with Crippen LogP contribution < -0.4 is 19.1 Å². The fourth-order valence-electron chi connectivity index (χ4n) is 4.42. The molecular formula is C25H25F3N4O6. The van der Waals surface area contributed by atoms with Crippen LogP contribution in [-0.4, -0.2) is 52.7 Å². The van der Waals surface area contributed by atoms with Gasteiger partial charge in [0.15, 0.2) is 6.10 Å². The van der Waals surface area contributed by atoms with Crippen molar-refractivity contribution in [3.8, 4) is 17.5 Å². The molecule has 13 heteroatoms. The summed E-state index contributed by atoms with van der Waals surface area (Å²) in [5.41, 5.74) is 1.85. The monoisotopic (exact) mass is 534 g/mol. The number of hydrogen-bond acceptors (Lipinski definition) is 8. The number of alkyl halides is 3. The average molecular weight is 534 g/mol. The van der Waals surface area contributed by atoms with Gasteiger partial charge in [0.05, 0.1) is 19.3 Å². The summed E-state index contributed by atoms with van der Waals surface area (Å²) in [6.07, 6.45) is -1.89. The molecule has 2 aromatic carbocycles. The largest absolute Gasteiger partial charge is 0.573 e. The number of aromatic nitrogens is 2. The minimum Gasteiger partial charge on any atom is -0.490 e. The topological polar surface area (TPSA) is 101 Å². The van der Waals surface area contributed by atoms with Crippen LogP contribution in [0.3, 0.4) is 0 Å². The molecule has 3 heterocycles.